The molecule has 4 aromatic rings. The Morgan fingerprint density at radius 3 is 2.66 bits per heavy atom. The summed E-state index contributed by atoms with van der Waals surface area (Å²) in [6.45, 7) is 3.08. The first-order chi connectivity index (χ1) is 15.5. The highest BCUT2D eigenvalue weighted by atomic mass is 79.9. The van der Waals surface area contributed by atoms with Crippen LogP contribution >= 0.6 is 27.5 Å². The molecule has 0 saturated carbocycles. The van der Waals surface area contributed by atoms with Gasteiger partial charge in [0.2, 0.25) is 0 Å². The second kappa shape index (κ2) is 10.0. The third kappa shape index (κ3) is 5.58. The third-order valence-corrected chi connectivity index (χ3v) is 5.78. The van der Waals surface area contributed by atoms with E-state index >= 15 is 0 Å². The molecule has 3 aromatic carbocycles. The maximum Gasteiger partial charge on any atom is 0.255 e. The van der Waals surface area contributed by atoms with Crippen LogP contribution in [0.15, 0.2) is 83.6 Å². The van der Waals surface area contributed by atoms with E-state index in [2.05, 4.69) is 45.4 Å². The van der Waals surface area contributed by atoms with Crippen molar-refractivity contribution in [1.29, 1.82) is 0 Å². The Balaban J connectivity index is 1.34. The molecule has 1 N–H and O–H groups in total. The van der Waals surface area contributed by atoms with Gasteiger partial charge in [0.25, 0.3) is 5.91 Å². The molecule has 0 aliphatic carbocycles. The van der Waals surface area contributed by atoms with E-state index in [4.69, 9.17) is 16.3 Å². The van der Waals surface area contributed by atoms with E-state index in [9.17, 15) is 4.79 Å². The second-order valence-corrected chi connectivity index (χ2v) is 8.69. The lowest BCUT2D eigenvalue weighted by molar-refractivity contribution is 0.102. The quantitative estimate of drug-likeness (QED) is 0.309. The molecular formula is C25H21BrClN3O2. The van der Waals surface area contributed by atoms with Gasteiger partial charge in [0.1, 0.15) is 12.4 Å². The summed E-state index contributed by atoms with van der Waals surface area (Å²) in [6, 6.07) is 20.9. The standard InChI is InChI=1S/C25H21BrClN3O2/c1-17-4-2-3-5-20(17)14-30-15-22(13-28-30)29-25(31)19-8-6-18(7-9-19)16-32-24-11-10-21(26)12-23(24)27/h2-13,15H,14,16H2,1H3,(H,29,31). The summed E-state index contributed by atoms with van der Waals surface area (Å²) < 4.78 is 8.47. The van der Waals surface area contributed by atoms with Gasteiger partial charge < -0.3 is 10.1 Å². The summed E-state index contributed by atoms with van der Waals surface area (Å²) >= 11 is 9.55. The van der Waals surface area contributed by atoms with Crippen molar-refractivity contribution in [3.63, 3.8) is 0 Å². The minimum absolute atomic E-state index is 0.191. The minimum Gasteiger partial charge on any atom is -0.487 e. The van der Waals surface area contributed by atoms with Gasteiger partial charge in [-0.25, -0.2) is 0 Å². The van der Waals surface area contributed by atoms with Gasteiger partial charge in [0.15, 0.2) is 0 Å². The van der Waals surface area contributed by atoms with Crippen molar-refractivity contribution < 1.29 is 9.53 Å². The summed E-state index contributed by atoms with van der Waals surface area (Å²) in [5, 5.41) is 7.78. The van der Waals surface area contributed by atoms with Crippen LogP contribution < -0.4 is 10.1 Å². The van der Waals surface area contributed by atoms with Crippen LogP contribution in [0.4, 0.5) is 5.69 Å². The Kier molecular flexibility index (Phi) is 6.93. The number of carbonyl (C=O) groups is 1. The van der Waals surface area contributed by atoms with Gasteiger partial charge >= 0.3 is 0 Å². The first kappa shape index (κ1) is 22.1. The summed E-state index contributed by atoms with van der Waals surface area (Å²) in [5.74, 6) is 0.420. The van der Waals surface area contributed by atoms with Crippen molar-refractivity contribution in [1.82, 2.24) is 9.78 Å². The SMILES string of the molecule is Cc1ccccc1Cn1cc(NC(=O)c2ccc(COc3ccc(Br)cc3Cl)cc2)cn1. The number of aryl methyl sites for hydroxylation is 1. The van der Waals surface area contributed by atoms with Crippen LogP contribution in [0, 0.1) is 6.92 Å². The molecule has 4 rings (SSSR count). The minimum atomic E-state index is -0.191. The predicted molar refractivity (Wildman–Crippen MR) is 130 cm³/mol. The number of hydrogen-bond acceptors (Lipinski definition) is 3. The summed E-state index contributed by atoms with van der Waals surface area (Å²) in [4.78, 5) is 12.6. The molecular weight excluding hydrogens is 490 g/mol. The topological polar surface area (TPSA) is 56.2 Å². The molecule has 0 fully saturated rings. The van der Waals surface area contributed by atoms with E-state index < -0.39 is 0 Å². The highest BCUT2D eigenvalue weighted by Gasteiger charge is 2.09. The van der Waals surface area contributed by atoms with Crippen molar-refractivity contribution in [2.75, 3.05) is 5.32 Å². The zero-order chi connectivity index (χ0) is 22.5. The van der Waals surface area contributed by atoms with Crippen molar-refractivity contribution in [2.24, 2.45) is 0 Å². The van der Waals surface area contributed by atoms with Gasteiger partial charge in [-0.05, 0) is 53.9 Å². The van der Waals surface area contributed by atoms with Gasteiger partial charge in [-0.1, -0.05) is 63.9 Å². The second-order valence-electron chi connectivity index (χ2n) is 7.37. The molecule has 0 atom stereocenters. The smallest absolute Gasteiger partial charge is 0.255 e. The van der Waals surface area contributed by atoms with Gasteiger partial charge in [0.05, 0.1) is 23.5 Å². The summed E-state index contributed by atoms with van der Waals surface area (Å²) in [6.07, 6.45) is 3.48. The molecule has 1 aromatic heterocycles. The third-order valence-electron chi connectivity index (χ3n) is 4.99. The van der Waals surface area contributed by atoms with Crippen LogP contribution in [0.25, 0.3) is 0 Å². The molecule has 0 aliphatic rings. The average molecular weight is 511 g/mol. The summed E-state index contributed by atoms with van der Waals surface area (Å²) in [5.41, 5.74) is 4.55. The van der Waals surface area contributed by atoms with Crippen LogP contribution in [0.2, 0.25) is 5.02 Å². The molecule has 0 aliphatic heterocycles. The van der Waals surface area contributed by atoms with E-state index in [1.165, 1.54) is 11.1 Å². The normalized spacial score (nSPS) is 10.7. The van der Waals surface area contributed by atoms with Gasteiger partial charge in [-0.15, -0.1) is 0 Å². The van der Waals surface area contributed by atoms with E-state index in [1.54, 1.807) is 24.4 Å². The van der Waals surface area contributed by atoms with Gasteiger partial charge in [0, 0.05) is 16.2 Å². The molecule has 1 amide bonds. The molecule has 5 nitrogen and oxygen atoms in total. The van der Waals surface area contributed by atoms with E-state index in [0.29, 0.717) is 35.2 Å². The molecule has 0 spiro atoms. The number of halogens is 2. The molecule has 0 unspecified atom stereocenters. The number of benzene rings is 3. The first-order valence-corrected chi connectivity index (χ1v) is 11.2. The highest BCUT2D eigenvalue weighted by Crippen LogP contribution is 2.28. The van der Waals surface area contributed by atoms with Crippen molar-refractivity contribution in [3.8, 4) is 5.75 Å². The highest BCUT2D eigenvalue weighted by molar-refractivity contribution is 9.10. The Morgan fingerprint density at radius 2 is 1.91 bits per heavy atom. The number of aromatic nitrogens is 2. The fourth-order valence-corrected chi connectivity index (χ4v) is 3.91. The molecule has 1 heterocycles. The number of amides is 1. The maximum absolute atomic E-state index is 12.6. The maximum atomic E-state index is 12.6. The Morgan fingerprint density at radius 1 is 1.12 bits per heavy atom. The molecule has 0 radical (unpaired) electrons. The van der Waals surface area contributed by atoms with Crippen LogP contribution in [-0.4, -0.2) is 15.7 Å². The van der Waals surface area contributed by atoms with E-state index in [-0.39, 0.29) is 5.91 Å². The Hall–Kier alpha value is -3.09. The van der Waals surface area contributed by atoms with E-state index in [1.807, 2.05) is 47.3 Å². The number of ether oxygens (including phenoxy) is 1. The van der Waals surface area contributed by atoms with Crippen molar-refractivity contribution in [2.45, 2.75) is 20.1 Å². The zero-order valence-electron chi connectivity index (χ0n) is 17.4. The predicted octanol–water partition coefficient (Wildman–Crippen LogP) is 6.49. The Labute approximate surface area is 200 Å². The Bertz CT molecular complexity index is 1240. The van der Waals surface area contributed by atoms with Crippen LogP contribution in [-0.2, 0) is 13.2 Å². The first-order valence-electron chi connectivity index (χ1n) is 10.0. The average Bonchev–Trinajstić information content (AvgIpc) is 3.22. The van der Waals surface area contributed by atoms with E-state index in [0.717, 1.165) is 10.0 Å². The van der Waals surface area contributed by atoms with Crippen LogP contribution in [0.3, 0.4) is 0 Å². The lowest BCUT2D eigenvalue weighted by Gasteiger charge is -2.09. The fraction of sp³-hybridized carbons (Fsp3) is 0.120. The molecule has 7 heteroatoms. The fourth-order valence-electron chi connectivity index (χ4n) is 3.19. The van der Waals surface area contributed by atoms with Crippen LogP contribution in [0.5, 0.6) is 5.75 Å². The lowest BCUT2D eigenvalue weighted by Crippen LogP contribution is -2.11. The number of nitrogens with one attached hydrogen (secondary N) is 1. The van der Waals surface area contributed by atoms with Gasteiger partial charge in [-0.3, -0.25) is 9.48 Å². The lowest BCUT2D eigenvalue weighted by atomic mass is 10.1. The molecule has 0 saturated heterocycles. The number of nitrogens with zero attached hydrogens (tertiary/aromatic N) is 2. The molecule has 162 valence electrons. The monoisotopic (exact) mass is 509 g/mol. The summed E-state index contributed by atoms with van der Waals surface area (Å²) in [7, 11) is 0. The van der Waals surface area contributed by atoms with Crippen molar-refractivity contribution >= 4 is 39.1 Å². The largest absolute Gasteiger partial charge is 0.487 e. The number of carbonyl (C=O) groups excluding carboxylic acids is 1. The molecule has 0 bridgehead atoms. The number of rotatable bonds is 7. The van der Waals surface area contributed by atoms with Crippen LogP contribution in [0.1, 0.15) is 27.0 Å². The van der Waals surface area contributed by atoms with Crippen molar-refractivity contribution in [3.05, 3.63) is 111 Å². The number of hydrogen-bond donors (Lipinski definition) is 1. The molecule has 32 heavy (non-hydrogen) atoms. The zero-order valence-corrected chi connectivity index (χ0v) is 19.7. The van der Waals surface area contributed by atoms with Gasteiger partial charge in [-0.2, -0.15) is 5.10 Å². The number of anilines is 1.